The molecular weight excluding hydrogens is 340 g/mol. The molecule has 1 N–H and O–H groups in total. The lowest BCUT2D eigenvalue weighted by Gasteiger charge is -2.44. The van der Waals surface area contributed by atoms with Crippen molar-refractivity contribution >= 4 is 22.8 Å². The molecule has 0 radical (unpaired) electrons. The number of carbonyl (C=O) groups is 2. The lowest BCUT2D eigenvalue weighted by atomic mass is 9.78. The number of nitrogens with one attached hydrogen (secondary N) is 1. The van der Waals surface area contributed by atoms with Crippen LogP contribution in [0.2, 0.25) is 0 Å². The van der Waals surface area contributed by atoms with Gasteiger partial charge in [0.2, 0.25) is 0 Å². The largest absolute Gasteiger partial charge is 0.456 e. The molecule has 0 spiro atoms. The van der Waals surface area contributed by atoms with Crippen LogP contribution in [0, 0.1) is 5.92 Å². The summed E-state index contributed by atoms with van der Waals surface area (Å²) in [4.78, 5) is 30.0. The van der Waals surface area contributed by atoms with Crippen molar-refractivity contribution in [1.29, 1.82) is 0 Å². The first-order chi connectivity index (χ1) is 13.2. The van der Waals surface area contributed by atoms with E-state index >= 15 is 0 Å². The zero-order valence-corrected chi connectivity index (χ0v) is 15.8. The molecule has 144 valence electrons. The molecular formula is C22H28N2O3. The molecule has 0 bridgehead atoms. The van der Waals surface area contributed by atoms with Crippen LogP contribution in [0.3, 0.4) is 0 Å². The van der Waals surface area contributed by atoms with E-state index in [4.69, 9.17) is 4.74 Å². The summed E-state index contributed by atoms with van der Waals surface area (Å²) in [7, 11) is 0. The number of aromatic nitrogens is 1. The fourth-order valence-corrected chi connectivity index (χ4v) is 4.81. The van der Waals surface area contributed by atoms with Crippen LogP contribution in [0.4, 0.5) is 0 Å². The lowest BCUT2D eigenvalue weighted by Crippen LogP contribution is -2.50. The van der Waals surface area contributed by atoms with Gasteiger partial charge in [-0.25, -0.2) is 0 Å². The Morgan fingerprint density at radius 3 is 2.85 bits per heavy atom. The van der Waals surface area contributed by atoms with E-state index < -0.39 is 0 Å². The van der Waals surface area contributed by atoms with Crippen LogP contribution in [0.5, 0.6) is 0 Å². The van der Waals surface area contributed by atoms with Gasteiger partial charge in [-0.1, -0.05) is 31.0 Å². The Balaban J connectivity index is 1.27. The molecule has 2 aliphatic rings. The molecule has 1 aliphatic heterocycles. The first-order valence-corrected chi connectivity index (χ1v) is 10.2. The minimum atomic E-state index is -0.300. The molecule has 1 saturated carbocycles. The Bertz CT molecular complexity index is 811. The van der Waals surface area contributed by atoms with E-state index in [1.165, 1.54) is 25.7 Å². The minimum Gasteiger partial charge on any atom is -0.456 e. The van der Waals surface area contributed by atoms with Gasteiger partial charge in [0.25, 0.3) is 5.91 Å². The van der Waals surface area contributed by atoms with E-state index in [0.29, 0.717) is 24.8 Å². The Morgan fingerprint density at radius 2 is 1.93 bits per heavy atom. The van der Waals surface area contributed by atoms with Gasteiger partial charge in [0.1, 0.15) is 0 Å². The van der Waals surface area contributed by atoms with Crippen LogP contribution >= 0.6 is 0 Å². The number of ether oxygens (including phenoxy) is 1. The van der Waals surface area contributed by atoms with Crippen LogP contribution in [-0.4, -0.2) is 41.0 Å². The van der Waals surface area contributed by atoms with Gasteiger partial charge in [0.05, 0.1) is 0 Å². The Morgan fingerprint density at radius 1 is 1.11 bits per heavy atom. The van der Waals surface area contributed by atoms with Crippen molar-refractivity contribution < 1.29 is 14.3 Å². The number of hydrogen-bond acceptors (Lipinski definition) is 3. The van der Waals surface area contributed by atoms with Crippen molar-refractivity contribution in [3.05, 3.63) is 36.0 Å². The number of carbonyl (C=O) groups excluding carboxylic acids is 2. The highest BCUT2D eigenvalue weighted by Crippen LogP contribution is 2.35. The Hall–Kier alpha value is -2.30. The molecule has 2 heterocycles. The van der Waals surface area contributed by atoms with Gasteiger partial charge in [-0.05, 0) is 49.7 Å². The van der Waals surface area contributed by atoms with Crippen LogP contribution in [-0.2, 0) is 20.7 Å². The molecule has 2 atom stereocenters. The molecule has 1 saturated heterocycles. The molecule has 5 heteroatoms. The van der Waals surface area contributed by atoms with Gasteiger partial charge in [-0.15, -0.1) is 0 Å². The second-order valence-corrected chi connectivity index (χ2v) is 7.86. The molecule has 1 aromatic heterocycles. The summed E-state index contributed by atoms with van der Waals surface area (Å²) in [6.07, 6.45) is 9.98. The summed E-state index contributed by atoms with van der Waals surface area (Å²) < 4.78 is 5.31. The minimum absolute atomic E-state index is 0.0213. The van der Waals surface area contributed by atoms with Gasteiger partial charge in [0, 0.05) is 36.1 Å². The summed E-state index contributed by atoms with van der Waals surface area (Å²) in [5, 5.41) is 1.14. The van der Waals surface area contributed by atoms with E-state index in [0.717, 1.165) is 35.9 Å². The maximum atomic E-state index is 12.6. The van der Waals surface area contributed by atoms with Crippen LogP contribution in [0.1, 0.15) is 50.5 Å². The second-order valence-electron chi connectivity index (χ2n) is 7.86. The van der Waals surface area contributed by atoms with E-state index in [2.05, 4.69) is 4.98 Å². The first kappa shape index (κ1) is 18.1. The number of aromatic amines is 1. The van der Waals surface area contributed by atoms with Crippen molar-refractivity contribution in [1.82, 2.24) is 9.88 Å². The van der Waals surface area contributed by atoms with Crippen LogP contribution in [0.25, 0.3) is 10.9 Å². The van der Waals surface area contributed by atoms with Gasteiger partial charge in [0.15, 0.2) is 6.61 Å². The molecule has 5 nitrogen and oxygen atoms in total. The summed E-state index contributed by atoms with van der Waals surface area (Å²) in [6, 6.07) is 8.41. The smallest absolute Gasteiger partial charge is 0.306 e. The third kappa shape index (κ3) is 4.02. The van der Waals surface area contributed by atoms with Crippen molar-refractivity contribution in [2.45, 2.75) is 57.4 Å². The second kappa shape index (κ2) is 8.15. The normalized spacial score (nSPS) is 22.4. The first-order valence-electron chi connectivity index (χ1n) is 10.2. The summed E-state index contributed by atoms with van der Waals surface area (Å²) in [6.45, 7) is 0.697. The van der Waals surface area contributed by atoms with Gasteiger partial charge in [-0.3, -0.25) is 9.59 Å². The maximum absolute atomic E-state index is 12.6. The molecule has 2 fully saturated rings. The zero-order valence-electron chi connectivity index (χ0n) is 15.8. The van der Waals surface area contributed by atoms with Gasteiger partial charge >= 0.3 is 5.97 Å². The summed E-state index contributed by atoms with van der Waals surface area (Å²) >= 11 is 0. The number of esters is 1. The molecule has 2 aromatic rings. The number of hydrogen-bond donors (Lipinski definition) is 1. The number of fused-ring (bicyclic) bond motifs is 2. The maximum Gasteiger partial charge on any atom is 0.306 e. The zero-order chi connectivity index (χ0) is 18.6. The number of benzene rings is 1. The van der Waals surface area contributed by atoms with Crippen LogP contribution < -0.4 is 0 Å². The third-order valence-electron chi connectivity index (χ3n) is 6.19. The fraction of sp³-hybridized carbons (Fsp3) is 0.545. The van der Waals surface area contributed by atoms with E-state index in [-0.39, 0.29) is 18.5 Å². The third-order valence-corrected chi connectivity index (χ3v) is 6.19. The predicted octanol–water partition coefficient (Wildman–Crippen LogP) is 3.82. The monoisotopic (exact) mass is 368 g/mol. The molecule has 4 rings (SSSR count). The van der Waals surface area contributed by atoms with Crippen molar-refractivity contribution in [3.63, 3.8) is 0 Å². The predicted molar refractivity (Wildman–Crippen MR) is 104 cm³/mol. The molecule has 1 aromatic carbocycles. The quantitative estimate of drug-likeness (QED) is 0.816. The average molecular weight is 368 g/mol. The van der Waals surface area contributed by atoms with Crippen LogP contribution in [0.15, 0.2) is 30.5 Å². The number of amides is 1. The summed E-state index contributed by atoms with van der Waals surface area (Å²) in [5.74, 6) is 0.326. The number of nitrogens with zero attached hydrogens (tertiary/aromatic N) is 1. The number of rotatable bonds is 5. The van der Waals surface area contributed by atoms with E-state index in [9.17, 15) is 9.59 Å². The topological polar surface area (TPSA) is 62.4 Å². The Kier molecular flexibility index (Phi) is 5.46. The number of piperidine rings is 1. The fourth-order valence-electron chi connectivity index (χ4n) is 4.81. The van der Waals surface area contributed by atoms with Gasteiger partial charge < -0.3 is 14.6 Å². The van der Waals surface area contributed by atoms with Crippen molar-refractivity contribution in [2.24, 2.45) is 5.92 Å². The van der Waals surface area contributed by atoms with E-state index in [1.807, 2.05) is 35.4 Å². The molecule has 0 unspecified atom stereocenters. The number of likely N-dealkylation sites (tertiary alicyclic amines) is 1. The lowest BCUT2D eigenvalue weighted by molar-refractivity contribution is -0.154. The van der Waals surface area contributed by atoms with Crippen molar-refractivity contribution in [2.75, 3.05) is 13.2 Å². The van der Waals surface area contributed by atoms with Crippen molar-refractivity contribution in [3.8, 4) is 0 Å². The number of para-hydroxylation sites is 1. The Labute approximate surface area is 160 Å². The standard InChI is InChI=1S/C22H28N2O3/c25-21(24-13-5-7-16-6-1-4-10-20(16)24)15-27-22(26)12-11-17-14-23-19-9-3-2-8-18(17)19/h2-3,8-9,14,16,20,23H,1,4-7,10-13,15H2/t16-,20-/m0/s1. The highest BCUT2D eigenvalue weighted by atomic mass is 16.5. The highest BCUT2D eigenvalue weighted by molar-refractivity contribution is 5.84. The highest BCUT2D eigenvalue weighted by Gasteiger charge is 2.35. The van der Waals surface area contributed by atoms with E-state index in [1.54, 1.807) is 0 Å². The number of H-pyrrole nitrogens is 1. The number of aryl methyl sites for hydroxylation is 1. The average Bonchev–Trinajstić information content (AvgIpc) is 3.13. The molecule has 27 heavy (non-hydrogen) atoms. The summed E-state index contributed by atoms with van der Waals surface area (Å²) in [5.41, 5.74) is 2.18. The van der Waals surface area contributed by atoms with Gasteiger partial charge in [-0.2, -0.15) is 0 Å². The molecule has 1 amide bonds. The molecule has 1 aliphatic carbocycles. The SMILES string of the molecule is O=C(CCc1c[nH]c2ccccc12)OCC(=O)N1CCC[C@@H]2CCCC[C@@H]21.